The predicted molar refractivity (Wildman–Crippen MR) is 85.6 cm³/mol. The van der Waals surface area contributed by atoms with E-state index in [-0.39, 0.29) is 4.90 Å². The maximum atomic E-state index is 11.7. The van der Waals surface area contributed by atoms with Crippen molar-refractivity contribution in [1.29, 1.82) is 0 Å². The molecule has 5 nitrogen and oxygen atoms in total. The van der Waals surface area contributed by atoms with Crippen LogP contribution in [0.2, 0.25) is 0 Å². The molecule has 0 atom stereocenters. The molecule has 0 unspecified atom stereocenters. The van der Waals surface area contributed by atoms with Crippen molar-refractivity contribution < 1.29 is 8.42 Å². The Morgan fingerprint density at radius 3 is 2.45 bits per heavy atom. The van der Waals surface area contributed by atoms with Crippen LogP contribution in [-0.4, -0.2) is 45.8 Å². The van der Waals surface area contributed by atoms with Gasteiger partial charge in [0.2, 0.25) is 10.0 Å². The molecule has 0 aliphatic rings. The molecule has 7 heteroatoms. The molecule has 0 aromatic heterocycles. The lowest BCUT2D eigenvalue weighted by molar-refractivity contribution is 0.324. The van der Waals surface area contributed by atoms with Gasteiger partial charge < -0.3 is 10.6 Å². The summed E-state index contributed by atoms with van der Waals surface area (Å²) in [6, 6.07) is 4.86. The monoisotopic (exact) mass is 317 g/mol. The molecule has 0 aliphatic heterocycles. The largest absolute Gasteiger partial charge is 0.398 e. The van der Waals surface area contributed by atoms with Crippen molar-refractivity contribution in [3.8, 4) is 0 Å². The van der Waals surface area contributed by atoms with Gasteiger partial charge >= 0.3 is 0 Å². The Morgan fingerprint density at radius 2 is 1.95 bits per heavy atom. The van der Waals surface area contributed by atoms with Crippen molar-refractivity contribution in [2.75, 3.05) is 38.2 Å². The zero-order valence-electron chi connectivity index (χ0n) is 12.2. The fourth-order valence-electron chi connectivity index (χ4n) is 1.77. The second-order valence-electron chi connectivity index (χ2n) is 4.28. The molecule has 3 N–H and O–H groups in total. The summed E-state index contributed by atoms with van der Waals surface area (Å²) >= 11 is 1.65. The summed E-state index contributed by atoms with van der Waals surface area (Å²) in [7, 11) is -2.04. The zero-order valence-corrected chi connectivity index (χ0v) is 13.9. The van der Waals surface area contributed by atoms with Crippen LogP contribution in [-0.2, 0) is 10.0 Å². The SMILES string of the molecule is CCN(CC)CCSc1ccc(S(=O)(=O)NC)cc1N. The van der Waals surface area contributed by atoms with E-state index in [2.05, 4.69) is 23.5 Å². The van der Waals surface area contributed by atoms with Crippen LogP contribution in [0.1, 0.15) is 13.8 Å². The molecule has 114 valence electrons. The van der Waals surface area contributed by atoms with Gasteiger partial charge in [0.1, 0.15) is 0 Å². The van der Waals surface area contributed by atoms with Crippen LogP contribution in [0.4, 0.5) is 5.69 Å². The van der Waals surface area contributed by atoms with Crippen molar-refractivity contribution >= 4 is 27.5 Å². The first-order valence-electron chi connectivity index (χ1n) is 6.62. The van der Waals surface area contributed by atoms with Crippen LogP contribution >= 0.6 is 11.8 Å². The number of hydrogen-bond donors (Lipinski definition) is 2. The Bertz CT molecular complexity index is 528. The van der Waals surface area contributed by atoms with E-state index in [1.165, 1.54) is 13.1 Å². The fourth-order valence-corrected chi connectivity index (χ4v) is 3.49. The third-order valence-corrected chi connectivity index (χ3v) is 5.60. The highest BCUT2D eigenvalue weighted by Crippen LogP contribution is 2.27. The van der Waals surface area contributed by atoms with Crippen LogP contribution < -0.4 is 10.5 Å². The maximum Gasteiger partial charge on any atom is 0.240 e. The maximum absolute atomic E-state index is 11.7. The van der Waals surface area contributed by atoms with Crippen molar-refractivity contribution in [3.63, 3.8) is 0 Å². The lowest BCUT2D eigenvalue weighted by Crippen LogP contribution is -2.25. The summed E-state index contributed by atoms with van der Waals surface area (Å²) < 4.78 is 25.6. The van der Waals surface area contributed by atoms with Crippen LogP contribution in [0.5, 0.6) is 0 Å². The molecule has 0 heterocycles. The summed E-state index contributed by atoms with van der Waals surface area (Å²) in [5.74, 6) is 0.935. The van der Waals surface area contributed by atoms with Crippen molar-refractivity contribution in [2.24, 2.45) is 0 Å². The highest BCUT2D eigenvalue weighted by molar-refractivity contribution is 7.99. The Morgan fingerprint density at radius 1 is 1.30 bits per heavy atom. The lowest BCUT2D eigenvalue weighted by atomic mass is 10.3. The average Bonchev–Trinajstić information content (AvgIpc) is 2.45. The molecule has 0 spiro atoms. The number of hydrogen-bond acceptors (Lipinski definition) is 5. The van der Waals surface area contributed by atoms with Gasteiger partial charge in [0, 0.05) is 22.9 Å². The van der Waals surface area contributed by atoms with Crippen LogP contribution in [0.3, 0.4) is 0 Å². The van der Waals surface area contributed by atoms with Gasteiger partial charge in [-0.05, 0) is 38.3 Å². The number of anilines is 1. The summed E-state index contributed by atoms with van der Waals surface area (Å²) in [5.41, 5.74) is 6.43. The first-order chi connectivity index (χ1) is 9.44. The van der Waals surface area contributed by atoms with Gasteiger partial charge in [-0.15, -0.1) is 11.8 Å². The summed E-state index contributed by atoms with van der Waals surface area (Å²) in [6.07, 6.45) is 0. The van der Waals surface area contributed by atoms with Gasteiger partial charge in [0.15, 0.2) is 0 Å². The van der Waals surface area contributed by atoms with Crippen LogP contribution in [0.15, 0.2) is 28.0 Å². The molecule has 0 bridgehead atoms. The molecule has 1 aromatic rings. The lowest BCUT2D eigenvalue weighted by Gasteiger charge is -2.17. The predicted octanol–water partition coefficient (Wildman–Crippen LogP) is 1.61. The Labute approximate surface area is 126 Å². The fraction of sp³-hybridized carbons (Fsp3) is 0.538. The number of rotatable bonds is 8. The second kappa shape index (κ2) is 7.87. The molecular formula is C13H23N3O2S2. The van der Waals surface area contributed by atoms with E-state index in [4.69, 9.17) is 5.73 Å². The molecule has 0 radical (unpaired) electrons. The van der Waals surface area contributed by atoms with Gasteiger partial charge in [0.25, 0.3) is 0 Å². The number of nitrogen functional groups attached to an aromatic ring is 1. The summed E-state index contributed by atoms with van der Waals surface area (Å²) in [6.45, 7) is 7.34. The standard InChI is InChI=1S/C13H23N3O2S2/c1-4-16(5-2)8-9-19-13-7-6-11(10-12(13)14)20(17,18)15-3/h6-7,10,15H,4-5,8-9,14H2,1-3H3. The zero-order chi connectivity index (χ0) is 15.2. The van der Waals surface area contributed by atoms with Gasteiger partial charge in [-0.25, -0.2) is 13.1 Å². The highest BCUT2D eigenvalue weighted by Gasteiger charge is 2.13. The van der Waals surface area contributed by atoms with Gasteiger partial charge in [-0.2, -0.15) is 0 Å². The van der Waals surface area contributed by atoms with E-state index in [1.807, 2.05) is 0 Å². The number of nitrogens with two attached hydrogens (primary N) is 1. The van der Waals surface area contributed by atoms with Crippen molar-refractivity contribution in [2.45, 2.75) is 23.6 Å². The van der Waals surface area contributed by atoms with E-state index in [0.717, 1.165) is 30.3 Å². The summed E-state index contributed by atoms with van der Waals surface area (Å²) in [4.78, 5) is 3.46. The number of nitrogens with zero attached hydrogens (tertiary/aromatic N) is 1. The van der Waals surface area contributed by atoms with E-state index in [9.17, 15) is 8.42 Å². The number of sulfonamides is 1. The normalized spacial score (nSPS) is 12.0. The quantitative estimate of drug-likeness (QED) is 0.563. The van der Waals surface area contributed by atoms with Crippen LogP contribution in [0.25, 0.3) is 0 Å². The van der Waals surface area contributed by atoms with E-state index in [0.29, 0.717) is 5.69 Å². The minimum Gasteiger partial charge on any atom is -0.398 e. The van der Waals surface area contributed by atoms with Gasteiger partial charge in [0.05, 0.1) is 4.90 Å². The molecular weight excluding hydrogens is 294 g/mol. The Balaban J connectivity index is 2.70. The molecule has 1 aromatic carbocycles. The third kappa shape index (κ3) is 4.66. The van der Waals surface area contributed by atoms with E-state index < -0.39 is 10.0 Å². The first-order valence-corrected chi connectivity index (χ1v) is 9.09. The topological polar surface area (TPSA) is 75.4 Å². The Kier molecular flexibility index (Phi) is 6.81. The Hall–Kier alpha value is -0.760. The molecule has 0 saturated heterocycles. The molecule has 1 rings (SSSR count). The van der Waals surface area contributed by atoms with Gasteiger partial charge in [-0.3, -0.25) is 0 Å². The van der Waals surface area contributed by atoms with E-state index in [1.54, 1.807) is 23.9 Å². The number of nitrogens with one attached hydrogen (secondary N) is 1. The van der Waals surface area contributed by atoms with Gasteiger partial charge in [-0.1, -0.05) is 13.8 Å². The smallest absolute Gasteiger partial charge is 0.240 e. The number of benzene rings is 1. The van der Waals surface area contributed by atoms with Crippen LogP contribution in [0, 0.1) is 0 Å². The minimum absolute atomic E-state index is 0.200. The highest BCUT2D eigenvalue weighted by atomic mass is 32.2. The molecule has 0 fully saturated rings. The summed E-state index contributed by atoms with van der Waals surface area (Å²) in [5, 5.41) is 0. The van der Waals surface area contributed by atoms with E-state index >= 15 is 0 Å². The average molecular weight is 317 g/mol. The molecule has 0 amide bonds. The van der Waals surface area contributed by atoms with Crippen molar-refractivity contribution in [1.82, 2.24) is 9.62 Å². The first kappa shape index (κ1) is 17.3. The molecule has 0 aliphatic carbocycles. The third-order valence-electron chi connectivity index (χ3n) is 3.12. The second-order valence-corrected chi connectivity index (χ2v) is 7.31. The van der Waals surface area contributed by atoms with Crippen molar-refractivity contribution in [3.05, 3.63) is 18.2 Å². The molecule has 0 saturated carbocycles. The number of thioether (sulfide) groups is 1. The minimum atomic E-state index is -3.43. The molecule has 20 heavy (non-hydrogen) atoms.